The lowest BCUT2D eigenvalue weighted by Gasteiger charge is -2.36. The fraction of sp³-hybridized carbons (Fsp3) is 0.562. The van der Waals surface area contributed by atoms with E-state index in [-0.39, 0.29) is 5.92 Å². The molecule has 1 N–H and O–H groups in total. The van der Waals surface area contributed by atoms with Crippen LogP contribution in [0, 0.1) is 5.92 Å². The van der Waals surface area contributed by atoms with Crippen molar-refractivity contribution in [2.75, 3.05) is 24.5 Å². The molecule has 2 heterocycles. The number of fused-ring (bicyclic) bond motifs is 1. The van der Waals surface area contributed by atoms with Gasteiger partial charge in [0.25, 0.3) is 0 Å². The summed E-state index contributed by atoms with van der Waals surface area (Å²) in [4.78, 5) is 14.5. The quantitative estimate of drug-likeness (QED) is 0.883. The van der Waals surface area contributed by atoms with E-state index in [0.717, 1.165) is 38.2 Å². The van der Waals surface area contributed by atoms with Gasteiger partial charge in [0.05, 0.1) is 5.92 Å². The lowest BCUT2D eigenvalue weighted by molar-refractivity contribution is -0.123. The molecule has 0 aromatic heterocycles. The summed E-state index contributed by atoms with van der Waals surface area (Å²) in [6.45, 7) is 6.99. The molecule has 1 aromatic carbocycles. The van der Waals surface area contributed by atoms with E-state index in [0.29, 0.717) is 11.8 Å². The molecule has 19 heavy (non-hydrogen) atoms. The number of hydrogen-bond donors (Lipinski definition) is 1. The second-order valence-electron chi connectivity index (χ2n) is 5.99. The van der Waals surface area contributed by atoms with Crippen molar-refractivity contribution < 1.29 is 4.79 Å². The standard InChI is InChI=1S/C16H22N2O/c1-11(2)12-5-6-15-13(8-12)4-3-7-18(15)16(19)14-9-17-10-14/h5-6,8,11,14,17H,3-4,7,9-10H2,1-2H3. The molecule has 1 saturated heterocycles. The maximum absolute atomic E-state index is 12.4. The molecule has 2 aliphatic rings. The number of nitrogens with zero attached hydrogens (tertiary/aromatic N) is 1. The van der Waals surface area contributed by atoms with Crippen LogP contribution < -0.4 is 10.2 Å². The summed E-state index contributed by atoms with van der Waals surface area (Å²) in [7, 11) is 0. The first-order chi connectivity index (χ1) is 9.16. The normalized spacial score (nSPS) is 19.2. The van der Waals surface area contributed by atoms with Crippen LogP contribution in [0.3, 0.4) is 0 Å². The minimum atomic E-state index is 0.190. The van der Waals surface area contributed by atoms with Crippen molar-refractivity contribution in [1.29, 1.82) is 0 Å². The Morgan fingerprint density at radius 2 is 2.16 bits per heavy atom. The first-order valence-corrected chi connectivity index (χ1v) is 7.31. The number of carbonyl (C=O) groups excluding carboxylic acids is 1. The van der Waals surface area contributed by atoms with E-state index in [9.17, 15) is 4.79 Å². The molecule has 0 unspecified atom stereocenters. The Hall–Kier alpha value is -1.35. The van der Waals surface area contributed by atoms with Crippen LogP contribution >= 0.6 is 0 Å². The number of nitrogens with one attached hydrogen (secondary N) is 1. The van der Waals surface area contributed by atoms with Crippen LogP contribution in [0.2, 0.25) is 0 Å². The molecular weight excluding hydrogens is 236 g/mol. The molecule has 0 bridgehead atoms. The van der Waals surface area contributed by atoms with Gasteiger partial charge in [-0.25, -0.2) is 0 Å². The zero-order valence-electron chi connectivity index (χ0n) is 11.8. The van der Waals surface area contributed by atoms with E-state index >= 15 is 0 Å². The highest BCUT2D eigenvalue weighted by Gasteiger charge is 2.32. The summed E-state index contributed by atoms with van der Waals surface area (Å²) >= 11 is 0. The molecule has 0 radical (unpaired) electrons. The van der Waals surface area contributed by atoms with Crippen molar-refractivity contribution in [2.24, 2.45) is 5.92 Å². The molecule has 0 spiro atoms. The van der Waals surface area contributed by atoms with Crippen LogP contribution in [0.5, 0.6) is 0 Å². The second kappa shape index (κ2) is 4.97. The highest BCUT2D eigenvalue weighted by molar-refractivity contribution is 5.97. The Bertz CT molecular complexity index is 492. The van der Waals surface area contributed by atoms with Gasteiger partial charge in [0.2, 0.25) is 5.91 Å². The molecule has 2 aliphatic heterocycles. The summed E-state index contributed by atoms with van der Waals surface area (Å²) in [5.74, 6) is 1.04. The summed E-state index contributed by atoms with van der Waals surface area (Å²) in [6, 6.07) is 6.61. The molecule has 3 heteroatoms. The van der Waals surface area contributed by atoms with Crippen LogP contribution in [0.15, 0.2) is 18.2 Å². The first kappa shape index (κ1) is 12.7. The van der Waals surface area contributed by atoms with Gasteiger partial charge in [-0.1, -0.05) is 26.0 Å². The van der Waals surface area contributed by atoms with Crippen molar-refractivity contribution in [3.05, 3.63) is 29.3 Å². The summed E-state index contributed by atoms with van der Waals surface area (Å²) in [6.07, 6.45) is 2.18. The van der Waals surface area contributed by atoms with Gasteiger partial charge in [-0.15, -0.1) is 0 Å². The van der Waals surface area contributed by atoms with Gasteiger partial charge in [-0.05, 0) is 36.0 Å². The molecule has 0 aliphatic carbocycles. The third-order valence-electron chi connectivity index (χ3n) is 4.29. The van der Waals surface area contributed by atoms with E-state index in [2.05, 4.69) is 37.4 Å². The highest BCUT2D eigenvalue weighted by atomic mass is 16.2. The Kier molecular flexibility index (Phi) is 3.31. The fourth-order valence-electron chi connectivity index (χ4n) is 2.89. The predicted molar refractivity (Wildman–Crippen MR) is 77.6 cm³/mol. The number of carbonyl (C=O) groups is 1. The van der Waals surface area contributed by atoms with Gasteiger partial charge in [-0.2, -0.15) is 0 Å². The van der Waals surface area contributed by atoms with E-state index in [1.54, 1.807) is 0 Å². The van der Waals surface area contributed by atoms with Crippen LogP contribution in [0.4, 0.5) is 5.69 Å². The van der Waals surface area contributed by atoms with Gasteiger partial charge >= 0.3 is 0 Å². The number of hydrogen-bond acceptors (Lipinski definition) is 2. The Morgan fingerprint density at radius 1 is 1.37 bits per heavy atom. The van der Waals surface area contributed by atoms with Crippen LogP contribution in [-0.2, 0) is 11.2 Å². The number of amides is 1. The number of benzene rings is 1. The molecule has 3 nitrogen and oxygen atoms in total. The Labute approximate surface area is 115 Å². The van der Waals surface area contributed by atoms with Crippen LogP contribution in [0.1, 0.15) is 37.3 Å². The van der Waals surface area contributed by atoms with Crippen LogP contribution in [0.25, 0.3) is 0 Å². The third-order valence-corrected chi connectivity index (χ3v) is 4.29. The average molecular weight is 258 g/mol. The van der Waals surface area contributed by atoms with Crippen LogP contribution in [-0.4, -0.2) is 25.5 Å². The monoisotopic (exact) mass is 258 g/mol. The van der Waals surface area contributed by atoms with Gasteiger partial charge in [0, 0.05) is 25.3 Å². The summed E-state index contributed by atoms with van der Waals surface area (Å²) in [5, 5.41) is 3.18. The van der Waals surface area contributed by atoms with E-state index in [4.69, 9.17) is 0 Å². The smallest absolute Gasteiger partial charge is 0.232 e. The lowest BCUT2D eigenvalue weighted by atomic mass is 9.93. The van der Waals surface area contributed by atoms with E-state index in [1.165, 1.54) is 11.1 Å². The number of rotatable bonds is 2. The molecule has 0 saturated carbocycles. The molecule has 1 fully saturated rings. The Balaban J connectivity index is 1.89. The second-order valence-corrected chi connectivity index (χ2v) is 5.99. The van der Waals surface area contributed by atoms with Crippen molar-refractivity contribution >= 4 is 11.6 Å². The van der Waals surface area contributed by atoms with Crippen molar-refractivity contribution in [2.45, 2.75) is 32.6 Å². The summed E-state index contributed by atoms with van der Waals surface area (Å²) < 4.78 is 0. The highest BCUT2D eigenvalue weighted by Crippen LogP contribution is 2.31. The van der Waals surface area contributed by atoms with Crippen molar-refractivity contribution in [3.8, 4) is 0 Å². The maximum atomic E-state index is 12.4. The fourth-order valence-corrected chi connectivity index (χ4v) is 2.89. The molecule has 3 rings (SSSR count). The van der Waals surface area contributed by atoms with Crippen molar-refractivity contribution in [3.63, 3.8) is 0 Å². The number of anilines is 1. The largest absolute Gasteiger partial charge is 0.315 e. The minimum absolute atomic E-state index is 0.190. The maximum Gasteiger partial charge on any atom is 0.232 e. The molecule has 1 amide bonds. The minimum Gasteiger partial charge on any atom is -0.315 e. The van der Waals surface area contributed by atoms with E-state index in [1.807, 2.05) is 4.90 Å². The summed E-state index contributed by atoms with van der Waals surface area (Å²) in [5.41, 5.74) is 3.86. The molecular formula is C16H22N2O. The van der Waals surface area contributed by atoms with Crippen molar-refractivity contribution in [1.82, 2.24) is 5.32 Å². The zero-order valence-corrected chi connectivity index (χ0v) is 11.8. The topological polar surface area (TPSA) is 32.3 Å². The SMILES string of the molecule is CC(C)c1ccc2c(c1)CCCN2C(=O)C1CNC1. The van der Waals surface area contributed by atoms with Gasteiger partial charge in [0.1, 0.15) is 0 Å². The van der Waals surface area contributed by atoms with Gasteiger partial charge in [-0.3, -0.25) is 4.79 Å². The predicted octanol–water partition coefficient (Wildman–Crippen LogP) is 2.31. The molecule has 102 valence electrons. The first-order valence-electron chi connectivity index (χ1n) is 7.31. The molecule has 0 atom stereocenters. The third kappa shape index (κ3) is 2.27. The van der Waals surface area contributed by atoms with Gasteiger partial charge in [0.15, 0.2) is 0 Å². The number of aryl methyl sites for hydroxylation is 1. The molecule has 1 aromatic rings. The zero-order chi connectivity index (χ0) is 13.4. The Morgan fingerprint density at radius 3 is 2.79 bits per heavy atom. The lowest BCUT2D eigenvalue weighted by Crippen LogP contribution is -2.53. The van der Waals surface area contributed by atoms with E-state index < -0.39 is 0 Å². The van der Waals surface area contributed by atoms with Gasteiger partial charge < -0.3 is 10.2 Å². The average Bonchev–Trinajstić information content (AvgIpc) is 2.35.